The minimum absolute atomic E-state index is 0.130. The van der Waals surface area contributed by atoms with E-state index in [-0.39, 0.29) is 18.3 Å². The third-order valence-electron chi connectivity index (χ3n) is 7.32. The normalized spacial score (nSPS) is 25.3. The molecule has 2 saturated carbocycles. The zero-order valence-electron chi connectivity index (χ0n) is 18.3. The molecule has 7 nitrogen and oxygen atoms in total. The van der Waals surface area contributed by atoms with Gasteiger partial charge in [-0.3, -0.25) is 4.79 Å². The first-order valence-corrected chi connectivity index (χ1v) is 11.6. The van der Waals surface area contributed by atoms with Gasteiger partial charge in [0.1, 0.15) is 11.6 Å². The number of alkyl halides is 2. The Kier molecular flexibility index (Phi) is 5.88. The molecule has 0 aromatic rings. The molecule has 0 radical (unpaired) electrons. The number of hydrogen-bond acceptors (Lipinski definition) is 4. The Hall–Kier alpha value is -1.95. The fourth-order valence-electron chi connectivity index (χ4n) is 4.96. The van der Waals surface area contributed by atoms with Gasteiger partial charge in [-0.2, -0.15) is 5.26 Å². The second-order valence-electron chi connectivity index (χ2n) is 10.1. The summed E-state index contributed by atoms with van der Waals surface area (Å²) in [6, 6.07) is 0.965. The van der Waals surface area contributed by atoms with E-state index in [0.29, 0.717) is 25.9 Å². The van der Waals surface area contributed by atoms with Crippen LogP contribution in [0.25, 0.3) is 0 Å². The zero-order valence-corrected chi connectivity index (χ0v) is 18.3. The lowest BCUT2D eigenvalue weighted by Crippen LogP contribution is -2.65. The van der Waals surface area contributed by atoms with Gasteiger partial charge in [0.15, 0.2) is 0 Å². The number of piperidine rings is 1. The molecule has 1 unspecified atom stereocenters. The molecule has 1 atom stereocenters. The number of carbonyl (C=O) groups excluding carboxylic acids is 2. The SMILES string of the molecule is CCCC(F)(F)CC(NC(=O)N1CC2(CCN(C3CC3)CC2)C1)C(=O)NC1(C#N)CC1. The molecule has 172 valence electrons. The molecule has 9 heteroatoms. The van der Waals surface area contributed by atoms with Crippen molar-refractivity contribution in [3.05, 3.63) is 0 Å². The van der Waals surface area contributed by atoms with Crippen LogP contribution in [0.5, 0.6) is 0 Å². The van der Waals surface area contributed by atoms with E-state index in [4.69, 9.17) is 0 Å². The second kappa shape index (κ2) is 8.19. The van der Waals surface area contributed by atoms with Crippen molar-refractivity contribution < 1.29 is 18.4 Å². The fraction of sp³-hybridized carbons (Fsp3) is 0.864. The predicted octanol–water partition coefficient (Wildman–Crippen LogP) is 2.62. The lowest BCUT2D eigenvalue weighted by Gasteiger charge is -2.54. The molecule has 4 rings (SSSR count). The van der Waals surface area contributed by atoms with E-state index in [0.717, 1.165) is 32.0 Å². The highest BCUT2D eigenvalue weighted by Gasteiger charge is 2.50. The Morgan fingerprint density at radius 2 is 1.84 bits per heavy atom. The van der Waals surface area contributed by atoms with Gasteiger partial charge in [0, 0.05) is 37.4 Å². The van der Waals surface area contributed by atoms with E-state index in [1.807, 2.05) is 6.07 Å². The summed E-state index contributed by atoms with van der Waals surface area (Å²) in [5.74, 6) is -3.75. The molecule has 2 N–H and O–H groups in total. The summed E-state index contributed by atoms with van der Waals surface area (Å²) in [6.07, 6.45) is 4.88. The number of nitrogens with one attached hydrogen (secondary N) is 2. The molecule has 2 saturated heterocycles. The third-order valence-corrected chi connectivity index (χ3v) is 7.32. The van der Waals surface area contributed by atoms with Crippen molar-refractivity contribution in [3.8, 4) is 6.07 Å². The van der Waals surface area contributed by atoms with Crippen molar-refractivity contribution in [2.45, 2.75) is 88.3 Å². The monoisotopic (exact) mass is 437 g/mol. The summed E-state index contributed by atoms with van der Waals surface area (Å²) in [6.45, 7) is 5.00. The average molecular weight is 438 g/mol. The molecular weight excluding hydrogens is 404 g/mol. The van der Waals surface area contributed by atoms with Crippen molar-refractivity contribution in [3.63, 3.8) is 0 Å². The lowest BCUT2D eigenvalue weighted by molar-refractivity contribution is -0.126. The highest BCUT2D eigenvalue weighted by atomic mass is 19.3. The number of carbonyl (C=O) groups is 2. The van der Waals surface area contributed by atoms with E-state index < -0.39 is 35.9 Å². The van der Waals surface area contributed by atoms with Crippen LogP contribution in [0.1, 0.15) is 64.7 Å². The minimum Gasteiger partial charge on any atom is -0.336 e. The van der Waals surface area contributed by atoms with E-state index >= 15 is 0 Å². The largest absolute Gasteiger partial charge is 0.336 e. The quantitative estimate of drug-likeness (QED) is 0.611. The molecule has 2 aliphatic heterocycles. The maximum Gasteiger partial charge on any atom is 0.318 e. The van der Waals surface area contributed by atoms with Crippen LogP contribution in [0.3, 0.4) is 0 Å². The minimum atomic E-state index is -3.06. The standard InChI is InChI=1S/C22H33F2N5O2/c1-2-5-22(23,24)12-17(18(30)27-21(13-25)6-7-21)26-19(31)29-14-20(15-29)8-10-28(11-9-20)16-3-4-16/h16-17H,2-12,14-15H2,1H3,(H,26,31)(H,27,30). The van der Waals surface area contributed by atoms with Gasteiger partial charge in [-0.15, -0.1) is 0 Å². The summed E-state index contributed by atoms with van der Waals surface area (Å²) in [4.78, 5) is 29.6. The predicted molar refractivity (Wildman–Crippen MR) is 110 cm³/mol. The van der Waals surface area contributed by atoms with Crippen molar-refractivity contribution >= 4 is 11.9 Å². The second-order valence-corrected chi connectivity index (χ2v) is 10.1. The Morgan fingerprint density at radius 3 is 2.35 bits per heavy atom. The number of amides is 3. The maximum absolute atomic E-state index is 14.3. The Morgan fingerprint density at radius 1 is 1.19 bits per heavy atom. The summed E-state index contributed by atoms with van der Waals surface area (Å²) < 4.78 is 28.6. The van der Waals surface area contributed by atoms with Gasteiger partial charge < -0.3 is 20.4 Å². The van der Waals surface area contributed by atoms with Crippen molar-refractivity contribution in [2.24, 2.45) is 5.41 Å². The molecule has 0 aromatic carbocycles. The number of halogens is 2. The number of nitrogens with zero attached hydrogens (tertiary/aromatic N) is 3. The molecule has 2 heterocycles. The number of hydrogen-bond donors (Lipinski definition) is 2. The molecule has 4 aliphatic rings. The van der Waals surface area contributed by atoms with Gasteiger partial charge in [-0.25, -0.2) is 13.6 Å². The molecule has 3 amide bonds. The van der Waals surface area contributed by atoms with E-state index in [1.54, 1.807) is 11.8 Å². The molecule has 4 fully saturated rings. The maximum atomic E-state index is 14.3. The van der Waals surface area contributed by atoms with Gasteiger partial charge in [0.25, 0.3) is 5.92 Å². The first-order valence-electron chi connectivity index (χ1n) is 11.6. The molecule has 31 heavy (non-hydrogen) atoms. The van der Waals surface area contributed by atoms with E-state index in [1.165, 1.54) is 12.8 Å². The number of urea groups is 1. The molecule has 0 bridgehead atoms. The summed E-state index contributed by atoms with van der Waals surface area (Å²) in [5.41, 5.74) is -0.831. The first-order chi connectivity index (χ1) is 14.7. The average Bonchev–Trinajstić information content (AvgIpc) is 3.60. The van der Waals surface area contributed by atoms with E-state index in [2.05, 4.69) is 15.5 Å². The molecule has 0 aromatic heterocycles. The highest BCUT2D eigenvalue weighted by Crippen LogP contribution is 2.43. The van der Waals surface area contributed by atoms with Crippen molar-refractivity contribution in [1.82, 2.24) is 20.4 Å². The van der Waals surface area contributed by atoms with Crippen LogP contribution in [0.2, 0.25) is 0 Å². The van der Waals surface area contributed by atoms with Crippen LogP contribution < -0.4 is 10.6 Å². The number of likely N-dealkylation sites (tertiary alicyclic amines) is 2. The van der Waals surface area contributed by atoms with Gasteiger partial charge in [0.2, 0.25) is 5.91 Å². The van der Waals surface area contributed by atoms with Gasteiger partial charge in [-0.05, 0) is 51.6 Å². The fourth-order valence-corrected chi connectivity index (χ4v) is 4.96. The van der Waals surface area contributed by atoms with Gasteiger partial charge in [0.05, 0.1) is 6.07 Å². The zero-order chi connectivity index (χ0) is 22.3. The van der Waals surface area contributed by atoms with Crippen LogP contribution in [0.15, 0.2) is 0 Å². The Labute approximate surface area is 182 Å². The van der Waals surface area contributed by atoms with Crippen LogP contribution >= 0.6 is 0 Å². The summed E-state index contributed by atoms with van der Waals surface area (Å²) in [7, 11) is 0. The van der Waals surface area contributed by atoms with Gasteiger partial charge in [-0.1, -0.05) is 13.3 Å². The van der Waals surface area contributed by atoms with Crippen LogP contribution in [-0.4, -0.2) is 71.5 Å². The lowest BCUT2D eigenvalue weighted by atomic mass is 9.72. The Balaban J connectivity index is 1.32. The van der Waals surface area contributed by atoms with Crippen molar-refractivity contribution in [1.29, 1.82) is 5.26 Å². The topological polar surface area (TPSA) is 88.5 Å². The van der Waals surface area contributed by atoms with E-state index in [9.17, 15) is 23.6 Å². The summed E-state index contributed by atoms with van der Waals surface area (Å²) in [5, 5.41) is 14.3. The first kappa shape index (κ1) is 22.3. The number of rotatable bonds is 8. The van der Waals surface area contributed by atoms with Crippen LogP contribution in [0, 0.1) is 16.7 Å². The van der Waals surface area contributed by atoms with Crippen LogP contribution in [0.4, 0.5) is 13.6 Å². The third kappa shape index (κ3) is 5.11. The Bertz CT molecular complexity index is 743. The van der Waals surface area contributed by atoms with Crippen LogP contribution in [-0.2, 0) is 4.79 Å². The molecular formula is C22H33F2N5O2. The molecule has 1 spiro atoms. The highest BCUT2D eigenvalue weighted by molar-refractivity contribution is 5.88. The summed E-state index contributed by atoms with van der Waals surface area (Å²) >= 11 is 0. The molecule has 2 aliphatic carbocycles. The van der Waals surface area contributed by atoms with Gasteiger partial charge >= 0.3 is 6.03 Å². The van der Waals surface area contributed by atoms with Crippen molar-refractivity contribution in [2.75, 3.05) is 26.2 Å². The number of nitriles is 1. The smallest absolute Gasteiger partial charge is 0.318 e.